The highest BCUT2D eigenvalue weighted by Gasteiger charge is 2.26. The van der Waals surface area contributed by atoms with Crippen LogP contribution in [-0.2, 0) is 16.1 Å². The van der Waals surface area contributed by atoms with Crippen molar-refractivity contribution in [1.82, 2.24) is 9.80 Å². The minimum atomic E-state index is -0.528. The molecule has 2 heterocycles. The van der Waals surface area contributed by atoms with Crippen molar-refractivity contribution in [2.45, 2.75) is 25.2 Å². The van der Waals surface area contributed by atoms with Gasteiger partial charge in [0.2, 0.25) is 0 Å². The van der Waals surface area contributed by atoms with Crippen molar-refractivity contribution < 1.29 is 19.1 Å². The lowest BCUT2D eigenvalue weighted by molar-refractivity contribution is -0.00266. The predicted molar refractivity (Wildman–Crippen MR) is 122 cm³/mol. The largest absolute Gasteiger partial charge is 0.390 e. The maximum atomic E-state index is 13.7. The van der Waals surface area contributed by atoms with Gasteiger partial charge in [-0.3, -0.25) is 9.80 Å². The average molecular weight is 462 g/mol. The van der Waals surface area contributed by atoms with Crippen LogP contribution in [0.3, 0.4) is 0 Å². The summed E-state index contributed by atoms with van der Waals surface area (Å²) in [5.41, 5.74) is 2.73. The van der Waals surface area contributed by atoms with Crippen LogP contribution in [-0.4, -0.2) is 78.8 Å². The normalized spacial score (nSPS) is 20.2. The fourth-order valence-electron chi connectivity index (χ4n) is 4.16. The van der Waals surface area contributed by atoms with Gasteiger partial charge in [-0.2, -0.15) is 0 Å². The number of oxime groups is 1. The van der Waals surface area contributed by atoms with Crippen LogP contribution >= 0.6 is 11.6 Å². The first kappa shape index (κ1) is 23.1. The number of aliphatic hydroxyl groups excluding tert-OH is 1. The smallest absolute Gasteiger partial charge is 0.145 e. The average Bonchev–Trinajstić information content (AvgIpc) is 3.23. The van der Waals surface area contributed by atoms with E-state index in [2.05, 4.69) is 15.0 Å². The molecule has 8 heteroatoms. The zero-order valence-electron chi connectivity index (χ0n) is 18.0. The lowest BCUT2D eigenvalue weighted by atomic mass is 10.0. The highest BCUT2D eigenvalue weighted by molar-refractivity contribution is 6.30. The van der Waals surface area contributed by atoms with Crippen LogP contribution < -0.4 is 0 Å². The van der Waals surface area contributed by atoms with Crippen molar-refractivity contribution in [3.8, 4) is 0 Å². The molecule has 172 valence electrons. The molecule has 0 spiro atoms. The highest BCUT2D eigenvalue weighted by atomic mass is 35.5. The Kier molecular flexibility index (Phi) is 8.10. The van der Waals surface area contributed by atoms with E-state index < -0.39 is 6.10 Å². The third-order valence-electron chi connectivity index (χ3n) is 5.71. The molecule has 0 aliphatic carbocycles. The number of hydrogen-bond acceptors (Lipinski definition) is 6. The maximum absolute atomic E-state index is 13.7. The van der Waals surface area contributed by atoms with Crippen LogP contribution in [0.1, 0.15) is 17.5 Å². The van der Waals surface area contributed by atoms with Gasteiger partial charge in [0.15, 0.2) is 0 Å². The van der Waals surface area contributed by atoms with Crippen LogP contribution in [0.5, 0.6) is 0 Å². The first-order valence-electron chi connectivity index (χ1n) is 11.0. The minimum absolute atomic E-state index is 0.134. The summed E-state index contributed by atoms with van der Waals surface area (Å²) >= 11 is 5.98. The second-order valence-corrected chi connectivity index (χ2v) is 8.80. The highest BCUT2D eigenvalue weighted by Crippen LogP contribution is 2.20. The maximum Gasteiger partial charge on any atom is 0.145 e. The van der Waals surface area contributed by atoms with Crippen molar-refractivity contribution in [3.05, 3.63) is 70.5 Å². The molecule has 2 aromatic rings. The Bertz CT molecular complexity index is 906. The summed E-state index contributed by atoms with van der Waals surface area (Å²) in [6, 6.07) is 14.1. The first-order valence-corrected chi connectivity index (χ1v) is 11.4. The van der Waals surface area contributed by atoms with Crippen LogP contribution in [0, 0.1) is 5.82 Å². The summed E-state index contributed by atoms with van der Waals surface area (Å²) in [5.74, 6) is -0.262. The Hall–Kier alpha value is -2.03. The van der Waals surface area contributed by atoms with Crippen LogP contribution in [0.2, 0.25) is 5.02 Å². The van der Waals surface area contributed by atoms with E-state index in [1.54, 1.807) is 6.07 Å². The van der Waals surface area contributed by atoms with Gasteiger partial charge in [-0.15, -0.1) is 0 Å². The number of nitrogens with zero attached hydrogens (tertiary/aromatic N) is 3. The molecule has 2 aromatic carbocycles. The molecule has 0 aromatic heterocycles. The molecular weight excluding hydrogens is 433 g/mol. The summed E-state index contributed by atoms with van der Waals surface area (Å²) in [6.45, 7) is 5.19. The summed E-state index contributed by atoms with van der Waals surface area (Å²) in [5, 5.41) is 15.7. The SMILES string of the molecule is O[C@@H](CN1CCOCC1)CN(Cc1cccc(F)c1)C[C@H]1CC(c2ccc(Cl)cc2)=NO1. The van der Waals surface area contributed by atoms with Crippen molar-refractivity contribution in [1.29, 1.82) is 0 Å². The molecule has 2 aliphatic rings. The Morgan fingerprint density at radius 3 is 2.72 bits per heavy atom. The first-order chi connectivity index (χ1) is 15.5. The number of rotatable bonds is 9. The van der Waals surface area contributed by atoms with E-state index in [4.69, 9.17) is 21.2 Å². The molecular formula is C24H29ClFN3O3. The topological polar surface area (TPSA) is 57.5 Å². The van der Waals surface area contributed by atoms with E-state index in [-0.39, 0.29) is 11.9 Å². The lowest BCUT2D eigenvalue weighted by Crippen LogP contribution is -2.45. The standard InChI is InChI=1S/C24H29ClFN3O3/c25-20-6-4-19(5-7-20)24-13-23(32-27-24)17-29(14-18-2-1-3-21(26)12-18)16-22(30)15-28-8-10-31-11-9-28/h1-7,12,22-23,30H,8-11,13-17H2/t22-,23+/m0/s1. The molecule has 1 saturated heterocycles. The second kappa shape index (κ2) is 11.2. The molecule has 1 fully saturated rings. The summed E-state index contributed by atoms with van der Waals surface area (Å²) < 4.78 is 19.1. The van der Waals surface area contributed by atoms with Gasteiger partial charge in [0, 0.05) is 50.7 Å². The lowest BCUT2D eigenvalue weighted by Gasteiger charge is -2.31. The van der Waals surface area contributed by atoms with Gasteiger partial charge in [-0.25, -0.2) is 4.39 Å². The zero-order valence-corrected chi connectivity index (χ0v) is 18.8. The summed E-state index contributed by atoms with van der Waals surface area (Å²) in [7, 11) is 0. The molecule has 4 rings (SSSR count). The Labute approximate surface area is 193 Å². The summed E-state index contributed by atoms with van der Waals surface area (Å²) in [6.07, 6.45) is 0.00504. The van der Waals surface area contributed by atoms with Gasteiger partial charge in [0.05, 0.1) is 25.0 Å². The minimum Gasteiger partial charge on any atom is -0.390 e. The molecule has 0 saturated carbocycles. The molecule has 2 aliphatic heterocycles. The number of hydrogen-bond donors (Lipinski definition) is 1. The third-order valence-corrected chi connectivity index (χ3v) is 5.96. The van der Waals surface area contributed by atoms with Crippen molar-refractivity contribution in [2.24, 2.45) is 5.16 Å². The fraction of sp³-hybridized carbons (Fsp3) is 0.458. The monoisotopic (exact) mass is 461 g/mol. The van der Waals surface area contributed by atoms with E-state index in [9.17, 15) is 9.50 Å². The number of halogens is 2. The van der Waals surface area contributed by atoms with Gasteiger partial charge in [0.25, 0.3) is 0 Å². The van der Waals surface area contributed by atoms with Crippen LogP contribution in [0.4, 0.5) is 4.39 Å². The van der Waals surface area contributed by atoms with E-state index in [0.29, 0.717) is 50.8 Å². The van der Waals surface area contributed by atoms with Gasteiger partial charge in [-0.05, 0) is 35.4 Å². The van der Waals surface area contributed by atoms with E-state index in [1.807, 2.05) is 30.3 Å². The molecule has 1 N–H and O–H groups in total. The van der Waals surface area contributed by atoms with Gasteiger partial charge >= 0.3 is 0 Å². The molecule has 0 radical (unpaired) electrons. The molecule has 0 unspecified atom stereocenters. The van der Waals surface area contributed by atoms with Crippen molar-refractivity contribution in [3.63, 3.8) is 0 Å². The zero-order chi connectivity index (χ0) is 22.3. The summed E-state index contributed by atoms with van der Waals surface area (Å²) in [4.78, 5) is 10.0. The van der Waals surface area contributed by atoms with E-state index in [0.717, 1.165) is 29.9 Å². The quantitative estimate of drug-likeness (QED) is 0.621. The van der Waals surface area contributed by atoms with Crippen LogP contribution in [0.25, 0.3) is 0 Å². The van der Waals surface area contributed by atoms with Gasteiger partial charge in [-0.1, -0.05) is 41.0 Å². The third kappa shape index (κ3) is 6.73. The molecule has 0 bridgehead atoms. The Morgan fingerprint density at radius 2 is 1.97 bits per heavy atom. The number of ether oxygens (including phenoxy) is 1. The second-order valence-electron chi connectivity index (χ2n) is 8.37. The number of morpholine rings is 1. The molecule has 2 atom stereocenters. The van der Waals surface area contributed by atoms with E-state index in [1.165, 1.54) is 12.1 Å². The number of aliphatic hydroxyl groups is 1. The van der Waals surface area contributed by atoms with Crippen molar-refractivity contribution >= 4 is 17.3 Å². The molecule has 0 amide bonds. The van der Waals surface area contributed by atoms with E-state index >= 15 is 0 Å². The van der Waals surface area contributed by atoms with Crippen molar-refractivity contribution in [2.75, 3.05) is 45.9 Å². The predicted octanol–water partition coefficient (Wildman–Crippen LogP) is 3.17. The molecule has 32 heavy (non-hydrogen) atoms. The number of β-amino-alcohol motifs (C(OH)–C–C–N with tert-alkyl or cyclic N) is 1. The fourth-order valence-corrected chi connectivity index (χ4v) is 4.29. The molecule has 6 nitrogen and oxygen atoms in total. The Morgan fingerprint density at radius 1 is 1.19 bits per heavy atom. The number of benzene rings is 2. The van der Waals surface area contributed by atoms with Crippen LogP contribution in [0.15, 0.2) is 53.7 Å². The van der Waals surface area contributed by atoms with Gasteiger partial charge < -0.3 is 14.7 Å². The Balaban J connectivity index is 1.37. The van der Waals surface area contributed by atoms with Gasteiger partial charge in [0.1, 0.15) is 11.9 Å².